The van der Waals surface area contributed by atoms with Crippen LogP contribution in [-0.2, 0) is 9.59 Å². The number of fused-ring (bicyclic) bond motifs is 1. The lowest BCUT2D eigenvalue weighted by molar-refractivity contribution is -0.137. The molecule has 26 heavy (non-hydrogen) atoms. The van der Waals surface area contributed by atoms with Crippen LogP contribution in [0.25, 0.3) is 0 Å². The monoisotopic (exact) mass is 352 g/mol. The van der Waals surface area contributed by atoms with Gasteiger partial charge in [-0.25, -0.2) is 0 Å². The van der Waals surface area contributed by atoms with E-state index in [1.807, 2.05) is 37.3 Å². The number of para-hydroxylation sites is 1. The summed E-state index contributed by atoms with van der Waals surface area (Å²) in [4.78, 5) is 25.9. The smallest absolute Gasteiger partial charge is 0.166 e. The largest absolute Gasteiger partial charge is 0.491 e. The summed E-state index contributed by atoms with van der Waals surface area (Å²) in [5, 5.41) is 9.12. The summed E-state index contributed by atoms with van der Waals surface area (Å²) in [5.41, 5.74) is 1.39. The maximum atomic E-state index is 13.2. The number of carbonyl (C=O) groups excluding carboxylic acids is 2. The molecule has 0 amide bonds. The molecular weight excluding hydrogens is 328 g/mol. The number of carbonyl (C=O) groups is 2. The molecular formula is C22H24O4. The number of aliphatic hydroxyl groups is 1. The highest BCUT2D eigenvalue weighted by Gasteiger charge is 2.55. The molecule has 1 aromatic rings. The van der Waals surface area contributed by atoms with E-state index in [1.165, 1.54) is 6.08 Å². The molecule has 3 unspecified atom stereocenters. The number of aliphatic hydroxyl groups excluding tert-OH is 1. The number of Topliss-reactive ketones (excluding diaryl/α,β-unsaturated/α-hetero) is 1. The first-order valence-corrected chi connectivity index (χ1v) is 8.87. The van der Waals surface area contributed by atoms with E-state index in [2.05, 4.69) is 6.58 Å². The molecule has 0 fully saturated rings. The summed E-state index contributed by atoms with van der Waals surface area (Å²) in [7, 11) is 0. The van der Waals surface area contributed by atoms with E-state index in [0.717, 1.165) is 11.1 Å². The Hall–Kier alpha value is -2.46. The lowest BCUT2D eigenvalue weighted by atomic mass is 9.53. The summed E-state index contributed by atoms with van der Waals surface area (Å²) in [5.74, 6) is -0.0973. The van der Waals surface area contributed by atoms with E-state index < -0.39 is 11.3 Å². The molecule has 3 atom stereocenters. The molecule has 0 radical (unpaired) electrons. The summed E-state index contributed by atoms with van der Waals surface area (Å²) in [6, 6.07) is 7.51. The van der Waals surface area contributed by atoms with Crippen molar-refractivity contribution in [1.29, 1.82) is 0 Å². The Morgan fingerprint density at radius 2 is 2.08 bits per heavy atom. The topological polar surface area (TPSA) is 63.6 Å². The summed E-state index contributed by atoms with van der Waals surface area (Å²) in [6.07, 6.45) is 5.78. The number of benzene rings is 1. The summed E-state index contributed by atoms with van der Waals surface area (Å²) < 4.78 is 5.72. The lowest BCUT2D eigenvalue weighted by Crippen LogP contribution is -2.49. The average molecular weight is 352 g/mol. The van der Waals surface area contributed by atoms with Gasteiger partial charge in [-0.1, -0.05) is 43.9 Å². The van der Waals surface area contributed by atoms with E-state index in [9.17, 15) is 9.59 Å². The van der Waals surface area contributed by atoms with Crippen LogP contribution in [0.2, 0.25) is 0 Å². The molecule has 0 aromatic heterocycles. The molecule has 3 rings (SSSR count). The predicted octanol–water partition coefficient (Wildman–Crippen LogP) is 3.38. The SMILES string of the molecule is C=CC1=CCC2C(=O)C=C(C)C(=O)C2(C)C1c1ccccc1OCCO. The van der Waals surface area contributed by atoms with Crippen LogP contribution >= 0.6 is 0 Å². The molecule has 0 spiro atoms. The van der Waals surface area contributed by atoms with Gasteiger partial charge in [0.25, 0.3) is 0 Å². The van der Waals surface area contributed by atoms with Gasteiger partial charge in [-0.2, -0.15) is 0 Å². The minimum atomic E-state index is -0.882. The Labute approximate surface area is 153 Å². The summed E-state index contributed by atoms with van der Waals surface area (Å²) >= 11 is 0. The standard InChI is InChI=1S/C22H24O4/c1-4-15-9-10-17-18(24)13-14(2)21(25)22(17,3)20(15)16-7-5-6-8-19(16)26-12-11-23/h4-9,13,17,20,23H,1,10-12H2,2-3H3. The minimum absolute atomic E-state index is 0.00252. The van der Waals surface area contributed by atoms with Crippen LogP contribution in [0, 0.1) is 11.3 Å². The first-order chi connectivity index (χ1) is 12.4. The van der Waals surface area contributed by atoms with Crippen LogP contribution in [0.15, 0.2) is 60.2 Å². The van der Waals surface area contributed by atoms with Crippen molar-refractivity contribution in [2.24, 2.45) is 11.3 Å². The molecule has 0 saturated carbocycles. The van der Waals surface area contributed by atoms with Crippen LogP contribution < -0.4 is 4.74 Å². The molecule has 2 aliphatic carbocycles. The lowest BCUT2D eigenvalue weighted by Gasteiger charge is -2.47. The molecule has 1 N–H and O–H groups in total. The van der Waals surface area contributed by atoms with E-state index in [0.29, 0.717) is 17.7 Å². The molecule has 0 bridgehead atoms. The zero-order chi connectivity index (χ0) is 18.9. The Kier molecular flexibility index (Phi) is 4.97. The van der Waals surface area contributed by atoms with E-state index in [-0.39, 0.29) is 30.7 Å². The van der Waals surface area contributed by atoms with Gasteiger partial charge in [0.1, 0.15) is 12.4 Å². The van der Waals surface area contributed by atoms with Crippen molar-refractivity contribution in [3.05, 3.63) is 65.8 Å². The highest BCUT2D eigenvalue weighted by molar-refractivity contribution is 6.13. The molecule has 0 aliphatic heterocycles. The number of ketones is 2. The van der Waals surface area contributed by atoms with Gasteiger partial charge >= 0.3 is 0 Å². The van der Waals surface area contributed by atoms with Crippen molar-refractivity contribution in [3.63, 3.8) is 0 Å². The normalized spacial score (nSPS) is 28.1. The van der Waals surface area contributed by atoms with Crippen molar-refractivity contribution in [2.45, 2.75) is 26.2 Å². The van der Waals surface area contributed by atoms with Crippen LogP contribution in [0.5, 0.6) is 5.75 Å². The summed E-state index contributed by atoms with van der Waals surface area (Å²) in [6.45, 7) is 7.59. The Morgan fingerprint density at radius 1 is 1.35 bits per heavy atom. The zero-order valence-electron chi connectivity index (χ0n) is 15.2. The molecule has 0 heterocycles. The van der Waals surface area contributed by atoms with Gasteiger partial charge in [-0.3, -0.25) is 9.59 Å². The van der Waals surface area contributed by atoms with Crippen molar-refractivity contribution in [3.8, 4) is 5.75 Å². The van der Waals surface area contributed by atoms with E-state index >= 15 is 0 Å². The fourth-order valence-corrected chi connectivity index (χ4v) is 4.38. The molecule has 1 aromatic carbocycles. The zero-order valence-corrected chi connectivity index (χ0v) is 15.2. The van der Waals surface area contributed by atoms with Crippen LogP contribution in [0.4, 0.5) is 0 Å². The molecule has 4 nitrogen and oxygen atoms in total. The van der Waals surface area contributed by atoms with E-state index in [1.54, 1.807) is 13.0 Å². The van der Waals surface area contributed by atoms with Gasteiger partial charge in [-0.05, 0) is 36.6 Å². The third kappa shape index (κ3) is 2.74. The number of rotatable bonds is 5. The highest BCUT2D eigenvalue weighted by atomic mass is 16.5. The van der Waals surface area contributed by atoms with E-state index in [4.69, 9.17) is 9.84 Å². The average Bonchev–Trinajstić information content (AvgIpc) is 2.64. The number of ether oxygens (including phenoxy) is 1. The van der Waals surface area contributed by atoms with Crippen LogP contribution in [-0.4, -0.2) is 29.9 Å². The third-order valence-corrected chi connectivity index (χ3v) is 5.61. The van der Waals surface area contributed by atoms with Gasteiger partial charge in [0.2, 0.25) is 0 Å². The molecule has 2 aliphatic rings. The van der Waals surface area contributed by atoms with Crippen molar-refractivity contribution >= 4 is 11.6 Å². The van der Waals surface area contributed by atoms with Gasteiger partial charge in [0, 0.05) is 17.4 Å². The van der Waals surface area contributed by atoms with Crippen molar-refractivity contribution < 1.29 is 19.4 Å². The second-order valence-electron chi connectivity index (χ2n) is 7.08. The highest BCUT2D eigenvalue weighted by Crippen LogP contribution is 2.56. The van der Waals surface area contributed by atoms with Gasteiger partial charge in [0.05, 0.1) is 12.0 Å². The fourth-order valence-electron chi connectivity index (χ4n) is 4.38. The second-order valence-corrected chi connectivity index (χ2v) is 7.08. The van der Waals surface area contributed by atoms with Crippen LogP contribution in [0.1, 0.15) is 31.7 Å². The number of hydrogen-bond donors (Lipinski definition) is 1. The van der Waals surface area contributed by atoms with Gasteiger partial charge < -0.3 is 9.84 Å². The Bertz CT molecular complexity index is 817. The number of allylic oxidation sites excluding steroid dienone is 5. The Balaban J connectivity index is 2.20. The van der Waals surface area contributed by atoms with Crippen LogP contribution in [0.3, 0.4) is 0 Å². The maximum Gasteiger partial charge on any atom is 0.166 e. The first kappa shape index (κ1) is 18.3. The molecule has 4 heteroatoms. The number of hydrogen-bond acceptors (Lipinski definition) is 4. The van der Waals surface area contributed by atoms with Gasteiger partial charge in [-0.15, -0.1) is 0 Å². The Morgan fingerprint density at radius 3 is 2.77 bits per heavy atom. The molecule has 0 saturated heterocycles. The predicted molar refractivity (Wildman–Crippen MR) is 100 cm³/mol. The first-order valence-electron chi connectivity index (χ1n) is 8.87. The van der Waals surface area contributed by atoms with Crippen molar-refractivity contribution in [1.82, 2.24) is 0 Å². The fraction of sp³-hybridized carbons (Fsp3) is 0.364. The minimum Gasteiger partial charge on any atom is -0.491 e. The molecule has 136 valence electrons. The van der Waals surface area contributed by atoms with Gasteiger partial charge in [0.15, 0.2) is 11.6 Å². The quantitative estimate of drug-likeness (QED) is 0.882. The third-order valence-electron chi connectivity index (χ3n) is 5.61. The van der Waals surface area contributed by atoms with Crippen molar-refractivity contribution in [2.75, 3.05) is 13.2 Å². The second kappa shape index (κ2) is 7.04. The maximum absolute atomic E-state index is 13.2.